The first kappa shape index (κ1) is 15.4. The fraction of sp³-hybridized carbons (Fsp3) is 0.538. The lowest BCUT2D eigenvalue weighted by Crippen LogP contribution is -2.40. The van der Waals surface area contributed by atoms with Gasteiger partial charge in [-0.05, 0) is 44.0 Å². The molecule has 0 heterocycles. The molecule has 5 heteroatoms. The van der Waals surface area contributed by atoms with Gasteiger partial charge in [-0.25, -0.2) is 4.39 Å². The summed E-state index contributed by atoms with van der Waals surface area (Å²) >= 11 is 6.00. The maximum Gasteiger partial charge on any atom is 0.172 e. The van der Waals surface area contributed by atoms with Crippen LogP contribution in [0.15, 0.2) is 18.2 Å². The van der Waals surface area contributed by atoms with Gasteiger partial charge >= 0.3 is 0 Å². The van der Waals surface area contributed by atoms with E-state index in [2.05, 4.69) is 0 Å². The molecule has 3 nitrogen and oxygen atoms in total. The van der Waals surface area contributed by atoms with E-state index in [4.69, 9.17) is 26.8 Å². The second-order valence-corrected chi connectivity index (χ2v) is 4.29. The van der Waals surface area contributed by atoms with Crippen LogP contribution in [0, 0.1) is 5.82 Å². The Hall–Kier alpha value is -0.680. The number of hydrogen-bond acceptors (Lipinski definition) is 3. The van der Waals surface area contributed by atoms with Crippen LogP contribution < -0.4 is 5.73 Å². The first-order valence-corrected chi connectivity index (χ1v) is 6.39. The molecule has 0 aromatic heterocycles. The molecule has 1 atom stereocenters. The molecule has 2 N–H and O–H groups in total. The Morgan fingerprint density at radius 3 is 2.44 bits per heavy atom. The number of benzene rings is 1. The van der Waals surface area contributed by atoms with Crippen LogP contribution in [0.1, 0.15) is 19.4 Å². The summed E-state index contributed by atoms with van der Waals surface area (Å²) in [5, 5.41) is 0.499. The molecule has 18 heavy (non-hydrogen) atoms. The van der Waals surface area contributed by atoms with Crippen LogP contribution in [0.25, 0.3) is 0 Å². The normalized spacial score (nSPS) is 13.0. The Bertz CT molecular complexity index is 370. The molecule has 1 rings (SSSR count). The van der Waals surface area contributed by atoms with Crippen LogP contribution in [0.5, 0.6) is 0 Å². The van der Waals surface area contributed by atoms with Crippen molar-refractivity contribution in [2.24, 2.45) is 5.73 Å². The number of rotatable bonds is 7. The van der Waals surface area contributed by atoms with Crippen molar-refractivity contribution in [1.29, 1.82) is 0 Å². The summed E-state index contributed by atoms with van der Waals surface area (Å²) in [4.78, 5) is 0. The van der Waals surface area contributed by atoms with Gasteiger partial charge in [-0.1, -0.05) is 11.6 Å². The first-order chi connectivity index (χ1) is 8.58. The molecule has 102 valence electrons. The highest BCUT2D eigenvalue weighted by atomic mass is 35.5. The monoisotopic (exact) mass is 275 g/mol. The quantitative estimate of drug-likeness (QED) is 0.778. The van der Waals surface area contributed by atoms with Gasteiger partial charge in [-0.15, -0.1) is 0 Å². The van der Waals surface area contributed by atoms with Gasteiger partial charge in [0.15, 0.2) is 6.29 Å². The molecular weight excluding hydrogens is 257 g/mol. The minimum Gasteiger partial charge on any atom is -0.351 e. The van der Waals surface area contributed by atoms with E-state index in [9.17, 15) is 4.39 Å². The van der Waals surface area contributed by atoms with Crippen LogP contribution in [0.4, 0.5) is 4.39 Å². The fourth-order valence-electron chi connectivity index (χ4n) is 1.67. The Morgan fingerprint density at radius 1 is 1.28 bits per heavy atom. The highest BCUT2D eigenvalue weighted by molar-refractivity contribution is 6.31. The van der Waals surface area contributed by atoms with Gasteiger partial charge in [0, 0.05) is 18.2 Å². The van der Waals surface area contributed by atoms with E-state index in [-0.39, 0.29) is 11.9 Å². The molecule has 0 saturated heterocycles. The van der Waals surface area contributed by atoms with Crippen molar-refractivity contribution in [3.05, 3.63) is 34.6 Å². The summed E-state index contributed by atoms with van der Waals surface area (Å²) in [5.74, 6) is -0.328. The molecule has 0 saturated carbocycles. The molecule has 0 fully saturated rings. The lowest BCUT2D eigenvalue weighted by atomic mass is 10.1. The maximum atomic E-state index is 13.1. The van der Waals surface area contributed by atoms with Crippen molar-refractivity contribution in [3.8, 4) is 0 Å². The fourth-order valence-corrected chi connectivity index (χ4v) is 1.87. The molecule has 0 radical (unpaired) electrons. The predicted octanol–water partition coefficient (Wildman–Crippen LogP) is 2.75. The summed E-state index contributed by atoms with van der Waals surface area (Å²) in [7, 11) is 0. The largest absolute Gasteiger partial charge is 0.351 e. The van der Waals surface area contributed by atoms with Gasteiger partial charge in [-0.3, -0.25) is 0 Å². The molecular formula is C13H19ClFNO2. The van der Waals surface area contributed by atoms with Crippen molar-refractivity contribution in [1.82, 2.24) is 0 Å². The van der Waals surface area contributed by atoms with Crippen molar-refractivity contribution in [2.45, 2.75) is 32.6 Å². The van der Waals surface area contributed by atoms with E-state index in [1.165, 1.54) is 18.2 Å². The zero-order chi connectivity index (χ0) is 13.5. The van der Waals surface area contributed by atoms with E-state index in [0.29, 0.717) is 30.2 Å². The van der Waals surface area contributed by atoms with Crippen molar-refractivity contribution in [3.63, 3.8) is 0 Å². The van der Waals surface area contributed by atoms with Gasteiger partial charge in [-0.2, -0.15) is 0 Å². The van der Waals surface area contributed by atoms with Gasteiger partial charge in [0.05, 0.1) is 6.04 Å². The molecule has 0 spiro atoms. The SMILES string of the molecule is CCOC(OCC)C(N)Cc1cc(F)ccc1Cl. The minimum atomic E-state index is -0.501. The van der Waals surface area contributed by atoms with Gasteiger partial charge in [0.25, 0.3) is 0 Å². The average molecular weight is 276 g/mol. The predicted molar refractivity (Wildman–Crippen MR) is 70.1 cm³/mol. The molecule has 0 bridgehead atoms. The molecule has 0 aliphatic rings. The second-order valence-electron chi connectivity index (χ2n) is 3.88. The Labute approximate surface area is 112 Å². The molecule has 1 aromatic carbocycles. The summed E-state index contributed by atoms with van der Waals surface area (Å²) in [5.41, 5.74) is 6.67. The zero-order valence-corrected chi connectivity index (χ0v) is 11.4. The highest BCUT2D eigenvalue weighted by Crippen LogP contribution is 2.19. The third-order valence-corrected chi connectivity index (χ3v) is 2.84. The molecule has 0 amide bonds. The summed E-state index contributed by atoms with van der Waals surface area (Å²) in [6, 6.07) is 3.84. The molecule has 1 unspecified atom stereocenters. The number of hydrogen-bond donors (Lipinski definition) is 1. The second kappa shape index (κ2) is 7.69. The topological polar surface area (TPSA) is 44.5 Å². The summed E-state index contributed by atoms with van der Waals surface area (Å²) < 4.78 is 23.9. The van der Waals surface area contributed by atoms with Gasteiger partial charge in [0.1, 0.15) is 5.82 Å². The summed E-state index contributed by atoms with van der Waals surface area (Å²) in [6.45, 7) is 4.76. The van der Waals surface area contributed by atoms with Gasteiger partial charge < -0.3 is 15.2 Å². The maximum absolute atomic E-state index is 13.1. The van der Waals surface area contributed by atoms with Crippen LogP contribution in [0.3, 0.4) is 0 Å². The molecule has 0 aliphatic carbocycles. The first-order valence-electron chi connectivity index (χ1n) is 6.01. The molecule has 1 aromatic rings. The van der Waals surface area contributed by atoms with Crippen molar-refractivity contribution >= 4 is 11.6 Å². The van der Waals surface area contributed by atoms with E-state index in [1.54, 1.807) is 0 Å². The van der Waals surface area contributed by atoms with E-state index >= 15 is 0 Å². The number of halogens is 2. The molecule has 0 aliphatic heterocycles. The van der Waals surface area contributed by atoms with Crippen LogP contribution in [-0.2, 0) is 15.9 Å². The Morgan fingerprint density at radius 2 is 1.89 bits per heavy atom. The smallest absolute Gasteiger partial charge is 0.172 e. The lowest BCUT2D eigenvalue weighted by molar-refractivity contribution is -0.148. The number of ether oxygens (including phenoxy) is 2. The van der Waals surface area contributed by atoms with Crippen molar-refractivity contribution < 1.29 is 13.9 Å². The Balaban J connectivity index is 2.71. The third-order valence-electron chi connectivity index (χ3n) is 2.47. The van der Waals surface area contributed by atoms with Crippen molar-refractivity contribution in [2.75, 3.05) is 13.2 Å². The Kier molecular flexibility index (Phi) is 6.57. The van der Waals surface area contributed by atoms with Crippen LogP contribution in [-0.4, -0.2) is 25.5 Å². The van der Waals surface area contributed by atoms with Crippen LogP contribution >= 0.6 is 11.6 Å². The lowest BCUT2D eigenvalue weighted by Gasteiger charge is -2.23. The summed E-state index contributed by atoms with van der Waals surface area (Å²) in [6.07, 6.45) is -0.0966. The van der Waals surface area contributed by atoms with Gasteiger partial charge in [0.2, 0.25) is 0 Å². The van der Waals surface area contributed by atoms with E-state index < -0.39 is 6.29 Å². The average Bonchev–Trinajstić information content (AvgIpc) is 2.33. The van der Waals surface area contributed by atoms with Crippen LogP contribution in [0.2, 0.25) is 5.02 Å². The number of nitrogens with two attached hydrogens (primary N) is 1. The van der Waals surface area contributed by atoms with E-state index in [1.807, 2.05) is 13.8 Å². The minimum absolute atomic E-state index is 0.328. The highest BCUT2D eigenvalue weighted by Gasteiger charge is 2.19. The third kappa shape index (κ3) is 4.53. The standard InChI is InChI=1S/C13H19ClFNO2/c1-3-17-13(18-4-2)12(16)8-9-7-10(15)5-6-11(9)14/h5-7,12-13H,3-4,8,16H2,1-2H3. The van der Waals surface area contributed by atoms with E-state index in [0.717, 1.165) is 0 Å². The zero-order valence-electron chi connectivity index (χ0n) is 10.7.